The smallest absolute Gasteiger partial charge is 0.383 e. The normalized spacial score (nSPS) is 24.9. The Labute approximate surface area is 200 Å². The maximum absolute atomic E-state index is 12.9. The molecule has 4 rings (SSSR count). The van der Waals surface area contributed by atoms with Gasteiger partial charge in [-0.05, 0) is 50.3 Å². The van der Waals surface area contributed by atoms with Gasteiger partial charge in [-0.25, -0.2) is 0 Å². The molecule has 1 atom stereocenters. The molecule has 1 aromatic carbocycles. The highest BCUT2D eigenvalue weighted by Crippen LogP contribution is 2.36. The SMILES string of the molecule is O=C(NCC(=O)N1CCC(NC2CCC(O)(c3cnccn3)CC2)C1)c1cccc(C(F)(F)F)c1. The van der Waals surface area contributed by atoms with Gasteiger partial charge in [0, 0.05) is 43.1 Å². The quantitative estimate of drug-likeness (QED) is 0.572. The molecule has 11 heteroatoms. The van der Waals surface area contributed by atoms with Gasteiger partial charge in [0.25, 0.3) is 5.91 Å². The van der Waals surface area contributed by atoms with Crippen LogP contribution in [0.5, 0.6) is 0 Å². The van der Waals surface area contributed by atoms with Gasteiger partial charge in [0.1, 0.15) is 5.60 Å². The van der Waals surface area contributed by atoms with Crippen LogP contribution in [0.25, 0.3) is 0 Å². The van der Waals surface area contributed by atoms with E-state index < -0.39 is 23.2 Å². The van der Waals surface area contributed by atoms with Crippen LogP contribution < -0.4 is 10.6 Å². The van der Waals surface area contributed by atoms with Crippen molar-refractivity contribution in [2.45, 2.75) is 56.0 Å². The Bertz CT molecular complexity index is 1040. The van der Waals surface area contributed by atoms with E-state index in [4.69, 9.17) is 0 Å². The van der Waals surface area contributed by atoms with Crippen molar-refractivity contribution in [3.05, 3.63) is 59.7 Å². The molecule has 1 saturated heterocycles. The summed E-state index contributed by atoms with van der Waals surface area (Å²) in [6.45, 7) is 0.742. The molecule has 0 bridgehead atoms. The second kappa shape index (κ2) is 10.3. The predicted octanol–water partition coefficient (Wildman–Crippen LogP) is 2.25. The molecule has 2 amide bonds. The Hall–Kier alpha value is -3.05. The molecule has 1 aromatic heterocycles. The number of hydrogen-bond donors (Lipinski definition) is 3. The number of alkyl halides is 3. The maximum Gasteiger partial charge on any atom is 0.416 e. The lowest BCUT2D eigenvalue weighted by Gasteiger charge is -2.36. The third-order valence-electron chi connectivity index (χ3n) is 6.72. The summed E-state index contributed by atoms with van der Waals surface area (Å²) in [4.78, 5) is 34.7. The molecule has 1 aliphatic carbocycles. The standard InChI is InChI=1S/C24H28F3N5O3/c25-24(26,27)17-3-1-2-16(12-17)22(34)30-14-21(33)32-11-6-19(15-32)31-18-4-7-23(35,8-5-18)20-13-28-9-10-29-20/h1-3,9-10,12-13,18-19,31,35H,4-8,11,14-15H2,(H,30,34). The lowest BCUT2D eigenvalue weighted by atomic mass is 9.80. The first-order chi connectivity index (χ1) is 16.6. The maximum atomic E-state index is 12.9. The molecule has 0 spiro atoms. The number of likely N-dealkylation sites (tertiary alicyclic amines) is 1. The molecule has 2 fully saturated rings. The molecule has 1 aliphatic heterocycles. The monoisotopic (exact) mass is 491 g/mol. The highest BCUT2D eigenvalue weighted by molar-refractivity contribution is 5.96. The first kappa shape index (κ1) is 25.1. The summed E-state index contributed by atoms with van der Waals surface area (Å²) in [6, 6.07) is 4.42. The van der Waals surface area contributed by atoms with Crippen molar-refractivity contribution in [1.29, 1.82) is 0 Å². The molecule has 1 saturated carbocycles. The van der Waals surface area contributed by atoms with Crippen molar-refractivity contribution in [2.24, 2.45) is 0 Å². The fourth-order valence-electron chi connectivity index (χ4n) is 4.72. The first-order valence-corrected chi connectivity index (χ1v) is 11.6. The number of rotatable bonds is 6. The number of nitrogens with one attached hydrogen (secondary N) is 2. The number of aliphatic hydroxyl groups is 1. The highest BCUT2D eigenvalue weighted by Gasteiger charge is 2.37. The molecule has 3 N–H and O–H groups in total. The third-order valence-corrected chi connectivity index (χ3v) is 6.72. The van der Waals surface area contributed by atoms with E-state index in [0.717, 1.165) is 37.5 Å². The summed E-state index contributed by atoms with van der Waals surface area (Å²) < 4.78 is 38.6. The molecular weight excluding hydrogens is 463 g/mol. The van der Waals surface area contributed by atoms with Crippen molar-refractivity contribution in [3.8, 4) is 0 Å². The predicted molar refractivity (Wildman–Crippen MR) is 120 cm³/mol. The second-order valence-electron chi connectivity index (χ2n) is 9.15. The number of carbonyl (C=O) groups excluding carboxylic acids is 2. The lowest BCUT2D eigenvalue weighted by molar-refractivity contribution is -0.137. The second-order valence-corrected chi connectivity index (χ2v) is 9.15. The van der Waals surface area contributed by atoms with Gasteiger partial charge in [-0.1, -0.05) is 6.07 Å². The van der Waals surface area contributed by atoms with Gasteiger partial charge < -0.3 is 20.6 Å². The Morgan fingerprint density at radius 2 is 1.91 bits per heavy atom. The summed E-state index contributed by atoms with van der Waals surface area (Å²) in [5, 5.41) is 16.9. The Morgan fingerprint density at radius 1 is 1.14 bits per heavy atom. The zero-order chi connectivity index (χ0) is 25.1. The van der Waals surface area contributed by atoms with Crippen molar-refractivity contribution < 1.29 is 27.9 Å². The van der Waals surface area contributed by atoms with Crippen LogP contribution in [0.15, 0.2) is 42.9 Å². The van der Waals surface area contributed by atoms with Crippen molar-refractivity contribution in [1.82, 2.24) is 25.5 Å². The molecule has 2 aliphatic rings. The Kier molecular flexibility index (Phi) is 7.36. The zero-order valence-corrected chi connectivity index (χ0v) is 19.1. The van der Waals surface area contributed by atoms with Crippen molar-refractivity contribution in [3.63, 3.8) is 0 Å². The number of benzene rings is 1. The van der Waals surface area contributed by atoms with E-state index in [-0.39, 0.29) is 30.1 Å². The van der Waals surface area contributed by atoms with Gasteiger partial charge in [0.2, 0.25) is 5.91 Å². The van der Waals surface area contributed by atoms with Crippen LogP contribution in [-0.4, -0.2) is 63.5 Å². The summed E-state index contributed by atoms with van der Waals surface area (Å²) >= 11 is 0. The summed E-state index contributed by atoms with van der Waals surface area (Å²) in [5.74, 6) is -1.01. The number of aromatic nitrogens is 2. The fraction of sp³-hybridized carbons (Fsp3) is 0.500. The molecule has 2 heterocycles. The van der Waals surface area contributed by atoms with Gasteiger partial charge in [0.05, 0.1) is 24.0 Å². The Morgan fingerprint density at radius 3 is 2.60 bits per heavy atom. The van der Waals surface area contributed by atoms with Crippen molar-refractivity contribution >= 4 is 11.8 Å². The minimum absolute atomic E-state index is 0.103. The van der Waals surface area contributed by atoms with Gasteiger partial charge in [-0.15, -0.1) is 0 Å². The zero-order valence-electron chi connectivity index (χ0n) is 19.1. The van der Waals surface area contributed by atoms with E-state index in [1.54, 1.807) is 23.5 Å². The largest absolute Gasteiger partial charge is 0.416 e. The van der Waals surface area contributed by atoms with E-state index in [9.17, 15) is 27.9 Å². The van der Waals surface area contributed by atoms with Crippen molar-refractivity contribution in [2.75, 3.05) is 19.6 Å². The minimum Gasteiger partial charge on any atom is -0.383 e. The first-order valence-electron chi connectivity index (χ1n) is 11.6. The summed E-state index contributed by atoms with van der Waals surface area (Å²) in [6.07, 6.45) is 3.64. The fourth-order valence-corrected chi connectivity index (χ4v) is 4.72. The number of amides is 2. The van der Waals surface area contributed by atoms with E-state index in [1.807, 2.05) is 0 Å². The van der Waals surface area contributed by atoms with Gasteiger partial charge in [-0.3, -0.25) is 19.6 Å². The van der Waals surface area contributed by atoms with Crippen LogP contribution in [0.2, 0.25) is 0 Å². The van der Waals surface area contributed by atoms with Crippen LogP contribution in [-0.2, 0) is 16.6 Å². The third kappa shape index (κ3) is 6.15. The van der Waals surface area contributed by atoms with E-state index in [0.29, 0.717) is 31.6 Å². The van der Waals surface area contributed by atoms with Gasteiger partial charge in [0.15, 0.2) is 0 Å². The summed E-state index contributed by atoms with van der Waals surface area (Å²) in [7, 11) is 0. The topological polar surface area (TPSA) is 107 Å². The van der Waals surface area contributed by atoms with Gasteiger partial charge >= 0.3 is 6.18 Å². The number of carbonyl (C=O) groups is 2. The molecule has 35 heavy (non-hydrogen) atoms. The Balaban J connectivity index is 1.21. The molecule has 8 nitrogen and oxygen atoms in total. The van der Waals surface area contributed by atoms with Crippen LogP contribution in [0, 0.1) is 0 Å². The van der Waals surface area contributed by atoms with E-state index in [1.165, 1.54) is 6.07 Å². The molecular formula is C24H28F3N5O3. The van der Waals surface area contributed by atoms with Crippen LogP contribution in [0.4, 0.5) is 13.2 Å². The van der Waals surface area contributed by atoms with E-state index >= 15 is 0 Å². The van der Waals surface area contributed by atoms with Crippen LogP contribution in [0.3, 0.4) is 0 Å². The number of hydrogen-bond acceptors (Lipinski definition) is 6. The van der Waals surface area contributed by atoms with Crippen LogP contribution >= 0.6 is 0 Å². The highest BCUT2D eigenvalue weighted by atomic mass is 19.4. The number of halogens is 3. The lowest BCUT2D eigenvalue weighted by Crippen LogP contribution is -2.46. The average Bonchev–Trinajstić information content (AvgIpc) is 3.32. The number of nitrogens with zero attached hydrogens (tertiary/aromatic N) is 3. The molecule has 2 aromatic rings. The molecule has 188 valence electrons. The molecule has 1 unspecified atom stereocenters. The van der Waals surface area contributed by atoms with Gasteiger partial charge in [-0.2, -0.15) is 13.2 Å². The minimum atomic E-state index is -4.55. The summed E-state index contributed by atoms with van der Waals surface area (Å²) in [5.41, 5.74) is -1.44. The average molecular weight is 492 g/mol. The van der Waals surface area contributed by atoms with E-state index in [2.05, 4.69) is 20.6 Å². The van der Waals surface area contributed by atoms with Crippen LogP contribution in [0.1, 0.15) is 53.7 Å². The molecule has 0 radical (unpaired) electrons.